The molecular formula is C15H22FN3O. The molecule has 1 amide bonds. The Morgan fingerprint density at radius 3 is 2.55 bits per heavy atom. The van der Waals surface area contributed by atoms with Gasteiger partial charge in [-0.15, -0.1) is 0 Å². The van der Waals surface area contributed by atoms with Gasteiger partial charge in [0.15, 0.2) is 0 Å². The van der Waals surface area contributed by atoms with Gasteiger partial charge in [-0.25, -0.2) is 4.39 Å². The number of piperazine rings is 1. The Hall–Kier alpha value is -1.62. The van der Waals surface area contributed by atoms with Gasteiger partial charge in [0.2, 0.25) is 5.91 Å². The van der Waals surface area contributed by atoms with Crippen molar-refractivity contribution < 1.29 is 9.18 Å². The van der Waals surface area contributed by atoms with Crippen LogP contribution in [0, 0.1) is 5.82 Å². The van der Waals surface area contributed by atoms with E-state index in [1.165, 1.54) is 6.07 Å². The normalized spacial score (nSPS) is 17.1. The zero-order chi connectivity index (χ0) is 14.5. The van der Waals surface area contributed by atoms with E-state index in [1.807, 2.05) is 22.8 Å². The molecular weight excluding hydrogens is 257 g/mol. The Labute approximate surface area is 119 Å². The van der Waals surface area contributed by atoms with Crippen molar-refractivity contribution in [3.63, 3.8) is 0 Å². The molecule has 0 spiro atoms. The lowest BCUT2D eigenvalue weighted by atomic mass is 10.1. The molecule has 0 bridgehead atoms. The Morgan fingerprint density at radius 2 is 1.95 bits per heavy atom. The molecule has 2 rings (SSSR count). The van der Waals surface area contributed by atoms with Crippen molar-refractivity contribution >= 4 is 11.6 Å². The van der Waals surface area contributed by atoms with E-state index in [0.29, 0.717) is 44.7 Å². The molecule has 20 heavy (non-hydrogen) atoms. The number of carbonyl (C=O) groups is 1. The summed E-state index contributed by atoms with van der Waals surface area (Å²) in [6.45, 7) is 4.54. The SMILES string of the molecule is CC(N)CCC(=O)N1CCN(c2ccccc2F)CC1. The van der Waals surface area contributed by atoms with Crippen LogP contribution in [0.1, 0.15) is 19.8 Å². The minimum Gasteiger partial charge on any atom is -0.366 e. The number of hydrogen-bond acceptors (Lipinski definition) is 3. The summed E-state index contributed by atoms with van der Waals surface area (Å²) < 4.78 is 13.7. The van der Waals surface area contributed by atoms with Crippen molar-refractivity contribution in [3.05, 3.63) is 30.1 Å². The fourth-order valence-electron chi connectivity index (χ4n) is 2.41. The zero-order valence-corrected chi connectivity index (χ0v) is 11.9. The predicted molar refractivity (Wildman–Crippen MR) is 78.1 cm³/mol. The van der Waals surface area contributed by atoms with Crippen LogP contribution in [0.3, 0.4) is 0 Å². The molecule has 1 aromatic rings. The maximum atomic E-state index is 13.7. The lowest BCUT2D eigenvalue weighted by molar-refractivity contribution is -0.131. The topological polar surface area (TPSA) is 49.6 Å². The molecule has 0 radical (unpaired) electrons. The van der Waals surface area contributed by atoms with E-state index in [0.717, 1.165) is 0 Å². The number of nitrogens with zero attached hydrogens (tertiary/aromatic N) is 2. The molecule has 0 aromatic heterocycles. The van der Waals surface area contributed by atoms with E-state index in [4.69, 9.17) is 5.73 Å². The van der Waals surface area contributed by atoms with Crippen LogP contribution in [0.5, 0.6) is 0 Å². The first-order valence-electron chi connectivity index (χ1n) is 7.11. The van der Waals surface area contributed by atoms with Crippen LogP contribution in [-0.4, -0.2) is 43.0 Å². The van der Waals surface area contributed by atoms with E-state index < -0.39 is 0 Å². The summed E-state index contributed by atoms with van der Waals surface area (Å²) in [6, 6.07) is 6.82. The molecule has 0 aliphatic carbocycles. The largest absolute Gasteiger partial charge is 0.366 e. The number of para-hydroxylation sites is 1. The lowest BCUT2D eigenvalue weighted by Crippen LogP contribution is -2.49. The predicted octanol–water partition coefficient (Wildman–Crippen LogP) is 1.60. The number of rotatable bonds is 4. The highest BCUT2D eigenvalue weighted by Crippen LogP contribution is 2.20. The highest BCUT2D eigenvalue weighted by Gasteiger charge is 2.22. The third-order valence-corrected chi connectivity index (χ3v) is 3.64. The van der Waals surface area contributed by atoms with E-state index >= 15 is 0 Å². The maximum Gasteiger partial charge on any atom is 0.222 e. The van der Waals surface area contributed by atoms with E-state index in [2.05, 4.69) is 0 Å². The van der Waals surface area contributed by atoms with Crippen molar-refractivity contribution in [1.29, 1.82) is 0 Å². The Kier molecular flexibility index (Phi) is 4.95. The van der Waals surface area contributed by atoms with E-state index in [9.17, 15) is 9.18 Å². The van der Waals surface area contributed by atoms with Crippen LogP contribution >= 0.6 is 0 Å². The third kappa shape index (κ3) is 3.70. The van der Waals surface area contributed by atoms with Crippen LogP contribution in [0.25, 0.3) is 0 Å². The summed E-state index contributed by atoms with van der Waals surface area (Å²) in [4.78, 5) is 15.8. The second-order valence-corrected chi connectivity index (χ2v) is 5.34. The standard InChI is InChI=1S/C15H22FN3O/c1-12(17)6-7-15(20)19-10-8-18(9-11-19)14-5-3-2-4-13(14)16/h2-5,12H,6-11,17H2,1H3. The van der Waals surface area contributed by atoms with Crippen molar-refractivity contribution in [2.45, 2.75) is 25.8 Å². The number of carbonyl (C=O) groups excluding carboxylic acids is 1. The number of hydrogen-bond donors (Lipinski definition) is 1. The smallest absolute Gasteiger partial charge is 0.222 e. The maximum absolute atomic E-state index is 13.7. The van der Waals surface area contributed by atoms with Crippen LogP contribution < -0.4 is 10.6 Å². The average molecular weight is 279 g/mol. The van der Waals surface area contributed by atoms with Crippen molar-refractivity contribution in [2.24, 2.45) is 5.73 Å². The second kappa shape index (κ2) is 6.70. The monoisotopic (exact) mass is 279 g/mol. The average Bonchev–Trinajstić information content (AvgIpc) is 2.45. The van der Waals surface area contributed by atoms with Gasteiger partial charge in [0.1, 0.15) is 5.82 Å². The molecule has 1 saturated heterocycles. The molecule has 1 heterocycles. The zero-order valence-electron chi connectivity index (χ0n) is 11.9. The summed E-state index contributed by atoms with van der Waals surface area (Å²) >= 11 is 0. The summed E-state index contributed by atoms with van der Waals surface area (Å²) in [5, 5.41) is 0. The quantitative estimate of drug-likeness (QED) is 0.911. The molecule has 1 unspecified atom stereocenters. The summed E-state index contributed by atoms with van der Waals surface area (Å²) in [5.41, 5.74) is 6.28. The van der Waals surface area contributed by atoms with Gasteiger partial charge in [-0.2, -0.15) is 0 Å². The second-order valence-electron chi connectivity index (χ2n) is 5.34. The molecule has 110 valence electrons. The van der Waals surface area contributed by atoms with Crippen molar-refractivity contribution in [2.75, 3.05) is 31.1 Å². The molecule has 5 heteroatoms. The Balaban J connectivity index is 1.86. The molecule has 1 fully saturated rings. The summed E-state index contributed by atoms with van der Waals surface area (Å²) in [6.07, 6.45) is 1.21. The highest BCUT2D eigenvalue weighted by atomic mass is 19.1. The fraction of sp³-hybridized carbons (Fsp3) is 0.533. The number of nitrogens with two attached hydrogens (primary N) is 1. The van der Waals surface area contributed by atoms with E-state index in [-0.39, 0.29) is 17.8 Å². The minimum atomic E-state index is -0.204. The van der Waals surface area contributed by atoms with Crippen LogP contribution in [0.4, 0.5) is 10.1 Å². The third-order valence-electron chi connectivity index (χ3n) is 3.64. The highest BCUT2D eigenvalue weighted by molar-refractivity contribution is 5.76. The number of amides is 1. The molecule has 1 atom stereocenters. The van der Waals surface area contributed by atoms with Gasteiger partial charge < -0.3 is 15.5 Å². The first-order valence-corrected chi connectivity index (χ1v) is 7.11. The van der Waals surface area contributed by atoms with Gasteiger partial charge in [-0.1, -0.05) is 12.1 Å². The number of benzene rings is 1. The van der Waals surface area contributed by atoms with Crippen molar-refractivity contribution in [3.8, 4) is 0 Å². The minimum absolute atomic E-state index is 0.0543. The Morgan fingerprint density at radius 1 is 1.30 bits per heavy atom. The van der Waals surface area contributed by atoms with Gasteiger partial charge in [-0.05, 0) is 25.5 Å². The van der Waals surface area contributed by atoms with E-state index in [1.54, 1.807) is 12.1 Å². The first kappa shape index (κ1) is 14.8. The lowest BCUT2D eigenvalue weighted by Gasteiger charge is -2.36. The summed E-state index contributed by atoms with van der Waals surface area (Å²) in [7, 11) is 0. The van der Waals surface area contributed by atoms with Gasteiger partial charge in [0, 0.05) is 38.6 Å². The molecule has 1 aliphatic rings. The molecule has 4 nitrogen and oxygen atoms in total. The Bertz CT molecular complexity index is 456. The molecule has 0 saturated carbocycles. The molecule has 1 aromatic carbocycles. The van der Waals surface area contributed by atoms with Gasteiger partial charge in [0.05, 0.1) is 5.69 Å². The van der Waals surface area contributed by atoms with Crippen molar-refractivity contribution in [1.82, 2.24) is 4.90 Å². The van der Waals surface area contributed by atoms with Gasteiger partial charge >= 0.3 is 0 Å². The van der Waals surface area contributed by atoms with Crippen LogP contribution in [0.2, 0.25) is 0 Å². The summed E-state index contributed by atoms with van der Waals surface area (Å²) in [5.74, 6) is -0.0558. The van der Waals surface area contributed by atoms with Gasteiger partial charge in [-0.3, -0.25) is 4.79 Å². The number of anilines is 1. The van der Waals surface area contributed by atoms with Crippen LogP contribution in [-0.2, 0) is 4.79 Å². The van der Waals surface area contributed by atoms with Gasteiger partial charge in [0.25, 0.3) is 0 Å². The fourth-order valence-corrected chi connectivity index (χ4v) is 2.41. The van der Waals surface area contributed by atoms with Crippen LogP contribution in [0.15, 0.2) is 24.3 Å². The first-order chi connectivity index (χ1) is 9.58. The molecule has 1 aliphatic heterocycles. The number of halogens is 1. The molecule has 2 N–H and O–H groups in total.